The molecule has 3 nitrogen and oxygen atoms in total. The molecular weight excluding hydrogens is 246 g/mol. The molecule has 1 fully saturated rings. The van der Waals surface area contributed by atoms with E-state index in [0.717, 1.165) is 18.4 Å². The van der Waals surface area contributed by atoms with Crippen LogP contribution >= 0.6 is 11.6 Å². The second-order valence-electron chi connectivity index (χ2n) is 4.08. The minimum Gasteiger partial charge on any atom is -0.212 e. The van der Waals surface area contributed by atoms with Gasteiger partial charge in [-0.3, -0.25) is 0 Å². The first-order valence-electron chi connectivity index (χ1n) is 5.21. The molecule has 0 N–H and O–H groups in total. The Kier molecular flexibility index (Phi) is 3.24. The smallest absolute Gasteiger partial charge is 0.211 e. The Morgan fingerprint density at radius 3 is 2.50 bits per heavy atom. The van der Waals surface area contributed by atoms with E-state index >= 15 is 0 Å². The van der Waals surface area contributed by atoms with Crippen molar-refractivity contribution in [3.63, 3.8) is 0 Å². The highest BCUT2D eigenvalue weighted by Crippen LogP contribution is 2.34. The summed E-state index contributed by atoms with van der Waals surface area (Å²) in [5, 5.41) is 0.674. The fourth-order valence-corrected chi connectivity index (χ4v) is 3.43. The van der Waals surface area contributed by atoms with Gasteiger partial charge in [0.2, 0.25) is 10.0 Å². The molecule has 0 aliphatic carbocycles. The van der Waals surface area contributed by atoms with Crippen molar-refractivity contribution in [2.24, 2.45) is 0 Å². The van der Waals surface area contributed by atoms with Gasteiger partial charge in [-0.1, -0.05) is 23.7 Å². The molecule has 0 saturated carbocycles. The van der Waals surface area contributed by atoms with Crippen molar-refractivity contribution in [3.05, 3.63) is 34.9 Å². The van der Waals surface area contributed by atoms with Gasteiger partial charge >= 0.3 is 0 Å². The van der Waals surface area contributed by atoms with E-state index in [0.29, 0.717) is 11.6 Å². The molecule has 2 rings (SSSR count). The number of rotatable bonds is 2. The number of sulfonamides is 1. The van der Waals surface area contributed by atoms with E-state index in [4.69, 9.17) is 11.6 Å². The third kappa shape index (κ3) is 2.39. The summed E-state index contributed by atoms with van der Waals surface area (Å²) in [6.45, 7) is 0.617. The van der Waals surface area contributed by atoms with Gasteiger partial charge in [0.1, 0.15) is 0 Å². The summed E-state index contributed by atoms with van der Waals surface area (Å²) < 4.78 is 24.7. The summed E-state index contributed by atoms with van der Waals surface area (Å²) in [6.07, 6.45) is 3.07. The monoisotopic (exact) mass is 259 g/mol. The van der Waals surface area contributed by atoms with Crippen molar-refractivity contribution in [2.75, 3.05) is 12.8 Å². The van der Waals surface area contributed by atoms with Crippen LogP contribution in [0.4, 0.5) is 0 Å². The van der Waals surface area contributed by atoms with Crippen LogP contribution in [0.3, 0.4) is 0 Å². The largest absolute Gasteiger partial charge is 0.212 e. The van der Waals surface area contributed by atoms with Crippen LogP contribution in [0.25, 0.3) is 0 Å². The van der Waals surface area contributed by atoms with Gasteiger partial charge in [0.05, 0.1) is 6.26 Å². The topological polar surface area (TPSA) is 37.4 Å². The van der Waals surface area contributed by atoms with Crippen molar-refractivity contribution in [2.45, 2.75) is 18.9 Å². The molecule has 0 bridgehead atoms. The van der Waals surface area contributed by atoms with E-state index in [1.807, 2.05) is 12.1 Å². The maximum absolute atomic E-state index is 11.6. The Labute approximate surface area is 101 Å². The van der Waals surface area contributed by atoms with Crippen LogP contribution in [0.2, 0.25) is 5.02 Å². The summed E-state index contributed by atoms with van der Waals surface area (Å²) in [7, 11) is -3.11. The van der Waals surface area contributed by atoms with Gasteiger partial charge < -0.3 is 0 Å². The quantitative estimate of drug-likeness (QED) is 0.818. The lowest BCUT2D eigenvalue weighted by Gasteiger charge is -2.22. The van der Waals surface area contributed by atoms with Crippen molar-refractivity contribution >= 4 is 21.6 Å². The van der Waals surface area contributed by atoms with Gasteiger partial charge in [-0.2, -0.15) is 4.31 Å². The Morgan fingerprint density at radius 2 is 1.94 bits per heavy atom. The van der Waals surface area contributed by atoms with E-state index in [-0.39, 0.29) is 6.04 Å². The predicted molar refractivity (Wildman–Crippen MR) is 65.0 cm³/mol. The maximum Gasteiger partial charge on any atom is 0.211 e. The number of benzene rings is 1. The lowest BCUT2D eigenvalue weighted by Crippen LogP contribution is -2.29. The van der Waals surface area contributed by atoms with E-state index in [9.17, 15) is 8.42 Å². The van der Waals surface area contributed by atoms with Crippen LogP contribution in [-0.4, -0.2) is 25.5 Å². The third-order valence-electron chi connectivity index (χ3n) is 2.88. The first-order chi connectivity index (χ1) is 7.48. The molecular formula is C11H14ClNO2S. The molecule has 16 heavy (non-hydrogen) atoms. The summed E-state index contributed by atoms with van der Waals surface area (Å²) >= 11 is 5.81. The minimum absolute atomic E-state index is 0.0210. The lowest BCUT2D eigenvalue weighted by molar-refractivity contribution is 0.400. The molecule has 0 amide bonds. The van der Waals surface area contributed by atoms with Gasteiger partial charge in [-0.15, -0.1) is 0 Å². The Bertz CT molecular complexity index is 469. The van der Waals surface area contributed by atoms with E-state index < -0.39 is 10.0 Å². The average Bonchev–Trinajstić information content (AvgIpc) is 2.66. The molecule has 1 aromatic carbocycles. The van der Waals surface area contributed by atoms with Gasteiger partial charge in [0.25, 0.3) is 0 Å². The Morgan fingerprint density at radius 1 is 1.31 bits per heavy atom. The zero-order chi connectivity index (χ0) is 11.8. The van der Waals surface area contributed by atoms with Gasteiger partial charge in [-0.25, -0.2) is 8.42 Å². The van der Waals surface area contributed by atoms with E-state index in [2.05, 4.69) is 0 Å². The Balaban J connectivity index is 2.30. The molecule has 1 aliphatic rings. The minimum atomic E-state index is -3.11. The third-order valence-corrected chi connectivity index (χ3v) is 4.43. The molecule has 1 heterocycles. The van der Waals surface area contributed by atoms with Crippen molar-refractivity contribution in [1.82, 2.24) is 4.31 Å². The molecule has 0 radical (unpaired) electrons. The number of nitrogens with zero attached hydrogens (tertiary/aromatic N) is 1. The Hall–Kier alpha value is -0.580. The molecule has 1 aromatic rings. The number of halogens is 1. The summed E-state index contributed by atoms with van der Waals surface area (Å²) in [5.41, 5.74) is 1.02. The molecule has 0 aromatic heterocycles. The van der Waals surface area contributed by atoms with Gasteiger partial charge in [0.15, 0.2) is 0 Å². The van der Waals surface area contributed by atoms with Crippen LogP contribution in [-0.2, 0) is 10.0 Å². The van der Waals surface area contributed by atoms with Crippen molar-refractivity contribution in [3.8, 4) is 0 Å². The van der Waals surface area contributed by atoms with Gasteiger partial charge in [0, 0.05) is 17.6 Å². The highest BCUT2D eigenvalue weighted by molar-refractivity contribution is 7.88. The average molecular weight is 260 g/mol. The molecule has 5 heteroatoms. The van der Waals surface area contributed by atoms with Crippen LogP contribution in [0, 0.1) is 0 Å². The van der Waals surface area contributed by atoms with Crippen molar-refractivity contribution in [1.29, 1.82) is 0 Å². The summed E-state index contributed by atoms with van der Waals surface area (Å²) in [5.74, 6) is 0. The zero-order valence-electron chi connectivity index (χ0n) is 9.06. The molecule has 1 atom stereocenters. The van der Waals surface area contributed by atoms with E-state index in [1.165, 1.54) is 6.26 Å². The molecule has 1 aliphatic heterocycles. The van der Waals surface area contributed by atoms with Crippen LogP contribution in [0.5, 0.6) is 0 Å². The fourth-order valence-electron chi connectivity index (χ4n) is 2.16. The standard InChI is InChI=1S/C11H14ClNO2S/c1-16(14,15)13-8-2-3-11(13)9-4-6-10(12)7-5-9/h4-7,11H,2-3,8H2,1H3. The normalized spacial score (nSPS) is 22.5. The predicted octanol–water partition coefficient (Wildman–Crippen LogP) is 2.44. The van der Waals surface area contributed by atoms with Crippen LogP contribution in [0.1, 0.15) is 24.4 Å². The molecule has 1 unspecified atom stereocenters. The first-order valence-corrected chi connectivity index (χ1v) is 7.43. The van der Waals surface area contributed by atoms with Gasteiger partial charge in [-0.05, 0) is 30.5 Å². The number of hydrogen-bond donors (Lipinski definition) is 0. The molecule has 1 saturated heterocycles. The summed E-state index contributed by atoms with van der Waals surface area (Å²) in [6, 6.07) is 7.38. The second-order valence-corrected chi connectivity index (χ2v) is 6.45. The first kappa shape index (κ1) is 11.9. The highest BCUT2D eigenvalue weighted by atomic mass is 35.5. The van der Waals surface area contributed by atoms with Crippen LogP contribution in [0.15, 0.2) is 24.3 Å². The second kappa shape index (κ2) is 4.35. The molecule has 0 spiro atoms. The maximum atomic E-state index is 11.6. The SMILES string of the molecule is CS(=O)(=O)N1CCCC1c1ccc(Cl)cc1. The fraction of sp³-hybridized carbons (Fsp3) is 0.455. The van der Waals surface area contributed by atoms with Crippen molar-refractivity contribution < 1.29 is 8.42 Å². The van der Waals surface area contributed by atoms with E-state index in [1.54, 1.807) is 16.4 Å². The zero-order valence-corrected chi connectivity index (χ0v) is 10.6. The highest BCUT2D eigenvalue weighted by Gasteiger charge is 2.32. The summed E-state index contributed by atoms with van der Waals surface area (Å²) in [4.78, 5) is 0. The number of hydrogen-bond acceptors (Lipinski definition) is 2. The van der Waals surface area contributed by atoms with Crippen LogP contribution < -0.4 is 0 Å². The molecule has 88 valence electrons. The lowest BCUT2D eigenvalue weighted by atomic mass is 10.1.